The van der Waals surface area contributed by atoms with Gasteiger partial charge in [0.05, 0.1) is 0 Å². The Balaban J connectivity index is 2.28. The number of ether oxygens (including phenoxy) is 1. The predicted molar refractivity (Wildman–Crippen MR) is 28.6 cm³/mol. The van der Waals surface area contributed by atoms with Crippen LogP contribution in [-0.4, -0.2) is 26.1 Å². The fourth-order valence-electron chi connectivity index (χ4n) is 0.553. The second-order valence-electron chi connectivity index (χ2n) is 1.63. The fourth-order valence-corrected chi connectivity index (χ4v) is 0.679. The molecule has 2 nitrogen and oxygen atoms in total. The smallest absolute Gasteiger partial charge is 0.315 e. The summed E-state index contributed by atoms with van der Waals surface area (Å²) >= 11 is 5.35. The highest BCUT2D eigenvalue weighted by Gasteiger charge is 2.30. The van der Waals surface area contributed by atoms with Crippen molar-refractivity contribution in [2.45, 2.75) is 6.30 Å². The summed E-state index contributed by atoms with van der Waals surface area (Å²) in [7, 11) is 0. The first-order chi connectivity index (χ1) is 3.80. The van der Waals surface area contributed by atoms with Gasteiger partial charge in [-0.25, -0.2) is 0 Å². The molecule has 8 heavy (non-hydrogen) atoms. The molecule has 1 atom stereocenters. The van der Waals surface area contributed by atoms with Crippen LogP contribution in [0.3, 0.4) is 0 Å². The van der Waals surface area contributed by atoms with Crippen LogP contribution in [0.5, 0.6) is 0 Å². The van der Waals surface area contributed by atoms with E-state index in [9.17, 15) is 4.39 Å². The Hall–Kier alpha value is 0.140. The quantitative estimate of drug-likeness (QED) is 0.355. The van der Waals surface area contributed by atoms with Crippen molar-refractivity contribution in [2.75, 3.05) is 19.8 Å². The van der Waals surface area contributed by atoms with Crippen LogP contribution in [0.1, 0.15) is 0 Å². The molecule has 1 rings (SSSR count). The van der Waals surface area contributed by atoms with Gasteiger partial charge in [-0.3, -0.25) is 0 Å². The molecule has 0 amide bonds. The first-order valence-corrected chi connectivity index (χ1v) is 2.79. The van der Waals surface area contributed by atoms with E-state index >= 15 is 0 Å². The summed E-state index contributed by atoms with van der Waals surface area (Å²) in [6.07, 6.45) is -1.12. The van der Waals surface area contributed by atoms with E-state index in [1.54, 1.807) is 0 Å². The molecule has 0 aromatic rings. The monoisotopic (exact) mass is 139 g/mol. The van der Waals surface area contributed by atoms with E-state index in [1.165, 1.54) is 0 Å². The van der Waals surface area contributed by atoms with Crippen molar-refractivity contribution in [3.05, 3.63) is 0 Å². The molecule has 4 heteroatoms. The molecule has 1 radical (unpaired) electrons. The van der Waals surface area contributed by atoms with Crippen molar-refractivity contribution in [3.63, 3.8) is 0 Å². The number of nitrogens with zero attached hydrogens (tertiary/aromatic N) is 1. The van der Waals surface area contributed by atoms with Gasteiger partial charge in [-0.2, -0.15) is 4.39 Å². The van der Waals surface area contributed by atoms with Gasteiger partial charge in [0.1, 0.15) is 13.2 Å². The molecule has 1 heterocycles. The highest BCUT2D eigenvalue weighted by Crippen LogP contribution is 2.05. The Kier molecular flexibility index (Phi) is 2.05. The minimum Gasteiger partial charge on any atom is -0.366 e. The molecule has 0 aromatic carbocycles. The van der Waals surface area contributed by atoms with Gasteiger partial charge in [0, 0.05) is 0 Å². The molecule has 0 aromatic heterocycles. The third-order valence-corrected chi connectivity index (χ3v) is 1.39. The lowest BCUT2D eigenvalue weighted by molar-refractivity contribution is 0.0118. The third kappa shape index (κ3) is 1.31. The largest absolute Gasteiger partial charge is 0.366 e. The lowest BCUT2D eigenvalue weighted by Gasteiger charge is -2.12. The van der Waals surface area contributed by atoms with E-state index in [2.05, 4.69) is 0 Å². The van der Waals surface area contributed by atoms with Gasteiger partial charge in [0.2, 0.25) is 11.8 Å². The van der Waals surface area contributed by atoms with E-state index in [0.29, 0.717) is 13.2 Å². The Morgan fingerprint density at radius 3 is 2.88 bits per heavy atom. The Bertz CT molecular complexity index is 72.4. The molecular weight excluding hydrogens is 133 g/mol. The van der Waals surface area contributed by atoms with Crippen LogP contribution in [0.25, 0.3) is 0 Å². The Labute approximate surface area is 52.3 Å². The summed E-state index contributed by atoms with van der Waals surface area (Å²) in [4.78, 5) is 0. The van der Waals surface area contributed by atoms with Gasteiger partial charge in [-0.05, 0) is 4.42 Å². The Morgan fingerprint density at radius 2 is 2.50 bits per heavy atom. The van der Waals surface area contributed by atoms with Crippen LogP contribution in [0.2, 0.25) is 0 Å². The van der Waals surface area contributed by atoms with E-state index in [0.717, 1.165) is 4.42 Å². The average Bonchev–Trinajstić information content (AvgIpc) is 1.77. The summed E-state index contributed by atoms with van der Waals surface area (Å²) < 4.78 is 18.1. The summed E-state index contributed by atoms with van der Waals surface area (Å²) in [5.74, 6) is 0. The van der Waals surface area contributed by atoms with Gasteiger partial charge in [-0.1, -0.05) is 0 Å². The minimum atomic E-state index is -1.12. The SMILES string of the molecule is FC1COCC[N+]1Cl. The zero-order valence-corrected chi connectivity index (χ0v) is 5.07. The maximum absolute atomic E-state index is 12.2. The molecule has 1 unspecified atom stereocenters. The summed E-state index contributed by atoms with van der Waals surface area (Å²) in [5, 5.41) is 0. The average molecular weight is 140 g/mol. The number of halogens is 2. The van der Waals surface area contributed by atoms with Crippen LogP contribution in [0, 0.1) is 0 Å². The molecule has 47 valence electrons. The number of alkyl halides is 1. The zero-order valence-electron chi connectivity index (χ0n) is 4.31. The number of hydrogen-bond donors (Lipinski definition) is 0. The lowest BCUT2D eigenvalue weighted by atomic mass is 10.5. The first-order valence-electron chi connectivity index (χ1n) is 2.45. The van der Waals surface area contributed by atoms with Crippen molar-refractivity contribution < 1.29 is 9.13 Å². The van der Waals surface area contributed by atoms with Crippen molar-refractivity contribution in [3.8, 4) is 0 Å². The van der Waals surface area contributed by atoms with Gasteiger partial charge in [0.25, 0.3) is 0 Å². The lowest BCUT2D eigenvalue weighted by Crippen LogP contribution is -2.40. The summed E-state index contributed by atoms with van der Waals surface area (Å²) in [6, 6.07) is 0. The van der Waals surface area contributed by atoms with Crippen molar-refractivity contribution in [1.29, 1.82) is 0 Å². The van der Waals surface area contributed by atoms with Gasteiger partial charge < -0.3 is 4.74 Å². The molecule has 1 aliphatic heterocycles. The fraction of sp³-hybridized carbons (Fsp3) is 1.00. The molecule has 1 fully saturated rings. The molecule has 0 N–H and O–H groups in total. The zero-order chi connectivity index (χ0) is 5.98. The maximum atomic E-state index is 12.2. The first kappa shape index (κ1) is 6.26. The van der Waals surface area contributed by atoms with E-state index in [1.807, 2.05) is 0 Å². The van der Waals surface area contributed by atoms with Gasteiger partial charge in [0.15, 0.2) is 6.54 Å². The van der Waals surface area contributed by atoms with Crippen LogP contribution < -0.4 is 4.42 Å². The summed E-state index contributed by atoms with van der Waals surface area (Å²) in [6.45, 7) is 1.11. The van der Waals surface area contributed by atoms with Crippen LogP contribution >= 0.6 is 11.8 Å². The van der Waals surface area contributed by atoms with E-state index in [4.69, 9.17) is 16.5 Å². The molecule has 1 aliphatic rings. The van der Waals surface area contributed by atoms with Gasteiger partial charge >= 0.3 is 6.30 Å². The van der Waals surface area contributed by atoms with Crippen molar-refractivity contribution in [2.24, 2.45) is 0 Å². The minimum absolute atomic E-state index is 0.101. The normalized spacial score (nSPS) is 33.0. The standard InChI is InChI=1S/C4H7ClFNO/c5-7-1-2-8-3-4(7)6/h4H,1-3H2/q+1. The van der Waals surface area contributed by atoms with E-state index in [-0.39, 0.29) is 6.61 Å². The molecule has 0 saturated carbocycles. The van der Waals surface area contributed by atoms with E-state index < -0.39 is 6.30 Å². The van der Waals surface area contributed by atoms with Crippen LogP contribution in [-0.2, 0) is 4.74 Å². The van der Waals surface area contributed by atoms with Crippen LogP contribution in [0.15, 0.2) is 0 Å². The molecule has 0 spiro atoms. The number of hydrogen-bond acceptors (Lipinski definition) is 2. The second kappa shape index (κ2) is 2.62. The van der Waals surface area contributed by atoms with Gasteiger partial charge in [-0.15, -0.1) is 0 Å². The van der Waals surface area contributed by atoms with Crippen LogP contribution in [0.4, 0.5) is 4.39 Å². The highest BCUT2D eigenvalue weighted by atomic mass is 35.5. The molecular formula is C4H7ClFNO+. The number of morpholine rings is 1. The molecule has 1 saturated heterocycles. The Morgan fingerprint density at radius 1 is 1.75 bits per heavy atom. The number of rotatable bonds is 0. The summed E-state index contributed by atoms with van der Waals surface area (Å²) in [5.41, 5.74) is 0. The molecule has 0 bridgehead atoms. The van der Waals surface area contributed by atoms with Crippen molar-refractivity contribution >= 4 is 11.8 Å². The predicted octanol–water partition coefficient (Wildman–Crippen LogP) is 0.606. The second-order valence-corrected chi connectivity index (χ2v) is 2.07. The maximum Gasteiger partial charge on any atom is 0.315 e. The molecule has 0 aliphatic carbocycles. The topological polar surface area (TPSA) is 15.1 Å². The van der Waals surface area contributed by atoms with Crippen molar-refractivity contribution in [1.82, 2.24) is 4.42 Å². The highest BCUT2D eigenvalue weighted by molar-refractivity contribution is 6.15. The third-order valence-electron chi connectivity index (χ3n) is 1.01.